The second kappa shape index (κ2) is 9.00. The number of hydrogen-bond acceptors (Lipinski definition) is 7. The molecule has 0 bridgehead atoms. The van der Waals surface area contributed by atoms with E-state index < -0.39 is 35.2 Å². The fourth-order valence-corrected chi connectivity index (χ4v) is 5.53. The van der Waals surface area contributed by atoms with Crippen molar-refractivity contribution >= 4 is 68.0 Å². The summed E-state index contributed by atoms with van der Waals surface area (Å²) in [4.78, 5) is 55.6. The molecule has 5 aromatic rings. The van der Waals surface area contributed by atoms with Crippen LogP contribution in [-0.2, 0) is 9.59 Å². The Labute approximate surface area is 231 Å². The number of nitrogens with zero attached hydrogens (tertiary/aromatic N) is 3. The summed E-state index contributed by atoms with van der Waals surface area (Å²) in [7, 11) is 0. The number of imide groups is 1. The van der Waals surface area contributed by atoms with E-state index in [1.807, 2.05) is 30.3 Å². The molecule has 9 heteroatoms. The first-order valence-corrected chi connectivity index (χ1v) is 12.9. The van der Waals surface area contributed by atoms with E-state index in [-0.39, 0.29) is 11.3 Å². The van der Waals surface area contributed by atoms with Crippen LogP contribution in [0.3, 0.4) is 0 Å². The zero-order valence-corrected chi connectivity index (χ0v) is 21.4. The van der Waals surface area contributed by atoms with Gasteiger partial charge in [-0.25, -0.2) is 9.69 Å². The zero-order valence-electron chi connectivity index (χ0n) is 20.7. The van der Waals surface area contributed by atoms with Gasteiger partial charge in [-0.3, -0.25) is 19.4 Å². The van der Waals surface area contributed by atoms with Gasteiger partial charge in [-0.05, 0) is 59.3 Å². The smallest absolute Gasteiger partial charge is 0.347 e. The second-order valence-electron chi connectivity index (χ2n) is 9.55. The molecule has 2 unspecified atom stereocenters. The number of amides is 2. The molecule has 1 aromatic heterocycles. The third-order valence-corrected chi connectivity index (χ3v) is 7.53. The number of rotatable bonds is 4. The van der Waals surface area contributed by atoms with Gasteiger partial charge in [0.25, 0.3) is 5.91 Å². The highest BCUT2D eigenvalue weighted by Gasteiger charge is 2.58. The summed E-state index contributed by atoms with van der Waals surface area (Å²) >= 11 is 6.02. The van der Waals surface area contributed by atoms with Gasteiger partial charge in [-0.15, -0.1) is 0 Å². The number of carbonyl (C=O) groups is 3. The van der Waals surface area contributed by atoms with Gasteiger partial charge in [0.15, 0.2) is 0 Å². The molecule has 1 saturated heterocycles. The number of benzene rings is 4. The van der Waals surface area contributed by atoms with Crippen molar-refractivity contribution in [3.05, 3.63) is 118 Å². The average Bonchev–Trinajstić information content (AvgIpc) is 3.49. The lowest BCUT2D eigenvalue weighted by atomic mass is 9.92. The highest BCUT2D eigenvalue weighted by atomic mass is 35.5. The van der Waals surface area contributed by atoms with Crippen molar-refractivity contribution in [3.63, 3.8) is 0 Å². The number of halogens is 1. The average molecular weight is 548 g/mol. The minimum atomic E-state index is -1.22. The molecule has 2 amide bonds. The van der Waals surface area contributed by atoms with Crippen molar-refractivity contribution in [2.24, 2.45) is 11.0 Å². The van der Waals surface area contributed by atoms with Crippen LogP contribution in [0.5, 0.6) is 0 Å². The Kier molecular flexibility index (Phi) is 5.40. The summed E-state index contributed by atoms with van der Waals surface area (Å²) in [5, 5.41) is 8.59. The summed E-state index contributed by atoms with van der Waals surface area (Å²) in [6.07, 6.45) is 0. The van der Waals surface area contributed by atoms with Crippen molar-refractivity contribution in [1.82, 2.24) is 0 Å². The summed E-state index contributed by atoms with van der Waals surface area (Å²) in [6, 6.07) is 26.5. The number of carbonyl (C=O) groups excluding carboxylic acids is 3. The number of para-hydroxylation sites is 1. The van der Waals surface area contributed by atoms with E-state index >= 15 is 0 Å². The van der Waals surface area contributed by atoms with Gasteiger partial charge in [0.05, 0.1) is 11.4 Å². The van der Waals surface area contributed by atoms with Crippen LogP contribution in [0.1, 0.15) is 10.4 Å². The summed E-state index contributed by atoms with van der Waals surface area (Å²) in [5.74, 6) is -3.14. The molecule has 0 saturated carbocycles. The Morgan fingerprint density at radius 3 is 2.27 bits per heavy atom. The topological polar surface area (TPSA) is 100 Å². The monoisotopic (exact) mass is 547 g/mol. The van der Waals surface area contributed by atoms with Crippen LogP contribution in [0.25, 0.3) is 21.7 Å². The molecule has 2 atom stereocenters. The van der Waals surface area contributed by atoms with Crippen molar-refractivity contribution in [1.29, 1.82) is 0 Å². The Hall–Kier alpha value is -5.08. The fourth-order valence-electron chi connectivity index (χ4n) is 5.41. The van der Waals surface area contributed by atoms with Crippen molar-refractivity contribution in [3.8, 4) is 0 Å². The third kappa shape index (κ3) is 3.57. The van der Waals surface area contributed by atoms with Gasteiger partial charge in [0, 0.05) is 10.4 Å². The summed E-state index contributed by atoms with van der Waals surface area (Å²) < 4.78 is 5.53. The maximum Gasteiger partial charge on any atom is 0.347 e. The van der Waals surface area contributed by atoms with E-state index in [2.05, 4.69) is 5.10 Å². The molecule has 0 spiro atoms. The SMILES string of the molecule is O=C(C1=NN(c2ccccc2)C2C(=O)N(c3ccc(Cl)cc3)C(=O)C12)c1cc2c(ccc3ccccc32)oc1=O. The van der Waals surface area contributed by atoms with Crippen LogP contribution >= 0.6 is 11.6 Å². The normalized spacial score (nSPS) is 18.5. The Balaban J connectivity index is 1.38. The molecule has 0 aliphatic carbocycles. The molecule has 2 aliphatic heterocycles. The van der Waals surface area contributed by atoms with Gasteiger partial charge in [-0.1, -0.05) is 60.1 Å². The van der Waals surface area contributed by atoms with E-state index in [0.717, 1.165) is 15.7 Å². The highest BCUT2D eigenvalue weighted by molar-refractivity contribution is 6.53. The predicted molar refractivity (Wildman–Crippen MR) is 152 cm³/mol. The lowest BCUT2D eigenvalue weighted by Crippen LogP contribution is -2.39. The Morgan fingerprint density at radius 2 is 1.50 bits per heavy atom. The Bertz CT molecular complexity index is 1970. The first kappa shape index (κ1) is 24.0. The number of ketones is 1. The summed E-state index contributed by atoms with van der Waals surface area (Å²) in [6.45, 7) is 0. The number of anilines is 2. The molecule has 3 heterocycles. The minimum Gasteiger partial charge on any atom is -0.422 e. The van der Waals surface area contributed by atoms with E-state index in [4.69, 9.17) is 16.0 Å². The van der Waals surface area contributed by atoms with Gasteiger partial charge in [0.1, 0.15) is 28.8 Å². The quantitative estimate of drug-likeness (QED) is 0.132. The van der Waals surface area contributed by atoms with Crippen LogP contribution in [0, 0.1) is 5.92 Å². The van der Waals surface area contributed by atoms with Crippen molar-refractivity contribution < 1.29 is 18.8 Å². The van der Waals surface area contributed by atoms with Crippen molar-refractivity contribution in [2.75, 3.05) is 9.91 Å². The van der Waals surface area contributed by atoms with Crippen LogP contribution < -0.4 is 15.5 Å². The van der Waals surface area contributed by atoms with Gasteiger partial charge >= 0.3 is 5.63 Å². The van der Waals surface area contributed by atoms with Gasteiger partial charge < -0.3 is 4.42 Å². The zero-order chi connectivity index (χ0) is 27.5. The van der Waals surface area contributed by atoms with Gasteiger partial charge in [0.2, 0.25) is 11.7 Å². The predicted octanol–water partition coefficient (Wildman–Crippen LogP) is 5.22. The Morgan fingerprint density at radius 1 is 0.775 bits per heavy atom. The maximum atomic E-state index is 14.0. The lowest BCUT2D eigenvalue weighted by Gasteiger charge is -2.22. The first-order chi connectivity index (χ1) is 19.4. The maximum absolute atomic E-state index is 14.0. The van der Waals surface area contributed by atoms with Crippen LogP contribution in [0.15, 0.2) is 111 Å². The number of hydrogen-bond donors (Lipinski definition) is 0. The molecular formula is C31H18ClN3O5. The molecule has 2 aliphatic rings. The fraction of sp³-hybridized carbons (Fsp3) is 0.0645. The van der Waals surface area contributed by atoms with E-state index in [1.54, 1.807) is 60.7 Å². The van der Waals surface area contributed by atoms with Gasteiger partial charge in [-0.2, -0.15) is 5.10 Å². The first-order valence-electron chi connectivity index (χ1n) is 12.5. The second-order valence-corrected chi connectivity index (χ2v) is 9.99. The summed E-state index contributed by atoms with van der Waals surface area (Å²) in [5.41, 5.74) is -0.131. The third-order valence-electron chi connectivity index (χ3n) is 7.27. The van der Waals surface area contributed by atoms with E-state index in [1.165, 1.54) is 11.1 Å². The largest absolute Gasteiger partial charge is 0.422 e. The number of Topliss-reactive ketones (excluding diaryl/α,β-unsaturated/α-hetero) is 1. The van der Waals surface area contributed by atoms with Crippen LogP contribution in [0.4, 0.5) is 11.4 Å². The van der Waals surface area contributed by atoms with E-state index in [9.17, 15) is 19.2 Å². The molecule has 8 nitrogen and oxygen atoms in total. The lowest BCUT2D eigenvalue weighted by molar-refractivity contribution is -0.121. The number of fused-ring (bicyclic) bond motifs is 4. The molecule has 4 aromatic carbocycles. The molecule has 194 valence electrons. The number of hydrazone groups is 1. The standard InChI is InChI=1S/C31H18ClN3O5/c32-18-11-13-19(14-12-18)34-29(37)25-26(33-35(27(25)30(34)38)20-7-2-1-3-8-20)28(36)23-16-22-21-9-5-4-6-17(21)10-15-24(22)40-31(23)39/h1-16,25,27H. The van der Waals surface area contributed by atoms with Crippen molar-refractivity contribution in [2.45, 2.75) is 6.04 Å². The molecule has 7 rings (SSSR count). The molecule has 0 N–H and O–H groups in total. The minimum absolute atomic E-state index is 0.199. The molecular weight excluding hydrogens is 530 g/mol. The van der Waals surface area contributed by atoms with Crippen LogP contribution in [0.2, 0.25) is 5.02 Å². The highest BCUT2D eigenvalue weighted by Crippen LogP contribution is 2.38. The van der Waals surface area contributed by atoms with Crippen LogP contribution in [-0.4, -0.2) is 29.4 Å². The molecule has 1 fully saturated rings. The van der Waals surface area contributed by atoms with E-state index in [0.29, 0.717) is 27.4 Å². The molecule has 40 heavy (non-hydrogen) atoms. The molecule has 0 radical (unpaired) electrons.